The third-order valence-electron chi connectivity index (χ3n) is 1.90. The number of esters is 1. The Morgan fingerprint density at radius 3 is 2.05 bits per heavy atom. The molecule has 1 aromatic rings. The summed E-state index contributed by atoms with van der Waals surface area (Å²) in [7, 11) is -5.89. The normalized spacial score (nSPS) is 12.9. The van der Waals surface area contributed by atoms with E-state index >= 15 is 0 Å². The lowest BCUT2D eigenvalue weighted by molar-refractivity contribution is -0.291. The van der Waals surface area contributed by atoms with Crippen LogP contribution >= 0.6 is 0 Å². The number of hydrogen-bond acceptors (Lipinski definition) is 4. The predicted octanol–water partition coefficient (Wildman–Crippen LogP) is 2.62. The summed E-state index contributed by atoms with van der Waals surface area (Å²) in [5, 5.41) is 0. The fourth-order valence-electron chi connectivity index (χ4n) is 1.11. The number of alkyl halides is 6. The minimum atomic E-state index is -5.89. The largest absolute Gasteiger partial charge is 0.575 e. The van der Waals surface area contributed by atoms with Gasteiger partial charge in [0.1, 0.15) is 0 Å². The summed E-state index contributed by atoms with van der Waals surface area (Å²) in [6.45, 7) is 0. The molecule has 0 aliphatic carbocycles. The van der Waals surface area contributed by atoms with Crippen molar-refractivity contribution in [2.75, 3.05) is 4.72 Å². The fourth-order valence-corrected chi connectivity index (χ4v) is 1.70. The molecular formula is C9H5F6NO4S. The van der Waals surface area contributed by atoms with Gasteiger partial charge in [-0.15, -0.1) is 13.2 Å². The third-order valence-corrected chi connectivity index (χ3v) is 3.00. The van der Waals surface area contributed by atoms with Gasteiger partial charge in [0.05, 0.1) is 11.3 Å². The maximum absolute atomic E-state index is 12.2. The summed E-state index contributed by atoms with van der Waals surface area (Å²) in [5.41, 5.74) is -7.72. The van der Waals surface area contributed by atoms with Crippen molar-refractivity contribution in [3.05, 3.63) is 29.8 Å². The summed E-state index contributed by atoms with van der Waals surface area (Å²) in [6.07, 6.45) is -5.37. The molecule has 0 amide bonds. The second-order valence-corrected chi connectivity index (χ2v) is 5.11. The van der Waals surface area contributed by atoms with Gasteiger partial charge in [0.2, 0.25) is 0 Å². The zero-order valence-corrected chi connectivity index (χ0v) is 10.4. The first-order valence-corrected chi connectivity index (χ1v) is 6.30. The number of rotatable bonds is 3. The number of carbonyl (C=O) groups is 1. The van der Waals surface area contributed by atoms with E-state index in [1.165, 1.54) is 0 Å². The lowest BCUT2D eigenvalue weighted by Gasteiger charge is -2.14. The maximum Gasteiger partial charge on any atom is 0.575 e. The lowest BCUT2D eigenvalue weighted by Crippen LogP contribution is -2.31. The van der Waals surface area contributed by atoms with Gasteiger partial charge in [0.15, 0.2) is 0 Å². The molecule has 0 fully saturated rings. The first-order valence-electron chi connectivity index (χ1n) is 4.82. The molecule has 0 aliphatic rings. The van der Waals surface area contributed by atoms with Crippen molar-refractivity contribution in [2.24, 2.45) is 0 Å². The Morgan fingerprint density at radius 2 is 1.57 bits per heavy atom. The molecule has 0 atom stereocenters. The third kappa shape index (κ3) is 4.51. The topological polar surface area (TPSA) is 72.5 Å². The Bertz CT molecular complexity index is 636. The monoisotopic (exact) mass is 337 g/mol. The van der Waals surface area contributed by atoms with Crippen LogP contribution in [-0.2, 0) is 14.8 Å². The van der Waals surface area contributed by atoms with E-state index in [1.807, 2.05) is 0 Å². The van der Waals surface area contributed by atoms with E-state index < -0.39 is 39.1 Å². The maximum atomic E-state index is 12.2. The zero-order valence-electron chi connectivity index (χ0n) is 9.62. The van der Waals surface area contributed by atoms with Crippen LogP contribution < -0.4 is 4.72 Å². The molecule has 12 heteroatoms. The Kier molecular flexibility index (Phi) is 4.41. The number of ether oxygens (including phenoxy) is 1. The number of halogens is 6. The average Bonchev–Trinajstić information content (AvgIpc) is 2.25. The molecule has 0 saturated heterocycles. The van der Waals surface area contributed by atoms with Gasteiger partial charge in [0.25, 0.3) is 0 Å². The van der Waals surface area contributed by atoms with Crippen LogP contribution in [0.25, 0.3) is 0 Å². The highest BCUT2D eigenvalue weighted by Gasteiger charge is 2.46. The molecule has 0 unspecified atom stereocenters. The molecule has 1 aromatic carbocycles. The van der Waals surface area contributed by atoms with E-state index in [0.29, 0.717) is 12.1 Å². The second kappa shape index (κ2) is 5.42. The van der Waals surface area contributed by atoms with E-state index in [-0.39, 0.29) is 0 Å². The van der Waals surface area contributed by atoms with E-state index in [9.17, 15) is 39.6 Å². The van der Waals surface area contributed by atoms with Gasteiger partial charge >= 0.3 is 27.9 Å². The minimum Gasteiger partial charge on any atom is -0.369 e. The number of sulfonamides is 1. The average molecular weight is 337 g/mol. The predicted molar refractivity (Wildman–Crippen MR) is 56.5 cm³/mol. The fraction of sp³-hybridized carbons (Fsp3) is 0.222. The Hall–Kier alpha value is -1.98. The van der Waals surface area contributed by atoms with Crippen molar-refractivity contribution >= 4 is 21.7 Å². The molecule has 118 valence electrons. The minimum absolute atomic E-state index is 0.669. The molecule has 0 heterocycles. The first kappa shape index (κ1) is 17.1. The van der Waals surface area contributed by atoms with E-state index in [2.05, 4.69) is 4.74 Å². The van der Waals surface area contributed by atoms with Gasteiger partial charge in [-0.2, -0.15) is 21.6 Å². The van der Waals surface area contributed by atoms with Crippen LogP contribution in [0.15, 0.2) is 24.3 Å². The molecular weight excluding hydrogens is 332 g/mol. The Balaban J connectivity index is 3.15. The molecule has 0 aromatic heterocycles. The van der Waals surface area contributed by atoms with Crippen LogP contribution in [0.5, 0.6) is 0 Å². The first-order chi connectivity index (χ1) is 9.33. The molecule has 1 rings (SSSR count). The number of anilines is 1. The Morgan fingerprint density at radius 1 is 1.05 bits per heavy atom. The number of para-hydroxylation sites is 1. The van der Waals surface area contributed by atoms with Gasteiger partial charge < -0.3 is 4.74 Å². The summed E-state index contributed by atoms with van der Waals surface area (Å²) in [6, 6.07) is 3.37. The second-order valence-electron chi connectivity index (χ2n) is 3.43. The van der Waals surface area contributed by atoms with Crippen molar-refractivity contribution in [1.82, 2.24) is 0 Å². The van der Waals surface area contributed by atoms with Crippen LogP contribution in [0.2, 0.25) is 0 Å². The standard InChI is InChI=1S/C9H5F6NO4S/c10-8(11,12)20-7(17)5-3-1-2-4-6(5)16-21(18,19)9(13,14)15/h1-4,16H. The van der Waals surface area contributed by atoms with Gasteiger partial charge in [0, 0.05) is 0 Å². The molecule has 0 bridgehead atoms. The van der Waals surface area contributed by atoms with Crippen LogP contribution in [0.1, 0.15) is 10.4 Å². The van der Waals surface area contributed by atoms with E-state index in [1.54, 1.807) is 0 Å². The van der Waals surface area contributed by atoms with Gasteiger partial charge in [-0.05, 0) is 12.1 Å². The van der Waals surface area contributed by atoms with Crippen molar-refractivity contribution in [3.8, 4) is 0 Å². The van der Waals surface area contributed by atoms with Crippen molar-refractivity contribution in [2.45, 2.75) is 11.9 Å². The summed E-state index contributed by atoms with van der Waals surface area (Å²) in [5.74, 6) is -2.05. The lowest BCUT2D eigenvalue weighted by atomic mass is 10.2. The molecule has 0 radical (unpaired) electrons. The molecule has 0 spiro atoms. The zero-order chi connectivity index (χ0) is 16.5. The summed E-state index contributed by atoms with van der Waals surface area (Å²) < 4.78 is 97.9. The van der Waals surface area contributed by atoms with Crippen LogP contribution in [0.3, 0.4) is 0 Å². The number of hydrogen-bond donors (Lipinski definition) is 1. The molecule has 1 N–H and O–H groups in total. The highest BCUT2D eigenvalue weighted by molar-refractivity contribution is 7.93. The van der Waals surface area contributed by atoms with Crippen LogP contribution in [0, 0.1) is 0 Å². The van der Waals surface area contributed by atoms with Gasteiger partial charge in [-0.3, -0.25) is 4.72 Å². The van der Waals surface area contributed by atoms with Crippen LogP contribution in [0.4, 0.5) is 32.0 Å². The van der Waals surface area contributed by atoms with Crippen LogP contribution in [-0.4, -0.2) is 26.3 Å². The molecule has 5 nitrogen and oxygen atoms in total. The van der Waals surface area contributed by atoms with E-state index in [0.717, 1.165) is 16.9 Å². The molecule has 0 aliphatic heterocycles. The van der Waals surface area contributed by atoms with Crippen molar-refractivity contribution in [3.63, 3.8) is 0 Å². The summed E-state index contributed by atoms with van der Waals surface area (Å²) >= 11 is 0. The van der Waals surface area contributed by atoms with Gasteiger partial charge in [-0.1, -0.05) is 12.1 Å². The molecule has 21 heavy (non-hydrogen) atoms. The van der Waals surface area contributed by atoms with Crippen molar-refractivity contribution in [1.29, 1.82) is 0 Å². The molecule has 0 saturated carbocycles. The van der Waals surface area contributed by atoms with E-state index in [4.69, 9.17) is 0 Å². The van der Waals surface area contributed by atoms with Crippen molar-refractivity contribution < 1.29 is 44.3 Å². The number of carbonyl (C=O) groups excluding carboxylic acids is 1. The number of benzene rings is 1. The van der Waals surface area contributed by atoms with Gasteiger partial charge in [-0.25, -0.2) is 4.79 Å². The number of nitrogens with one attached hydrogen (secondary N) is 1. The quantitative estimate of drug-likeness (QED) is 0.680. The SMILES string of the molecule is O=C(OC(F)(F)F)c1ccccc1NS(=O)(=O)C(F)(F)F. The Labute approximate surface area is 113 Å². The highest BCUT2D eigenvalue weighted by Crippen LogP contribution is 2.28. The smallest absolute Gasteiger partial charge is 0.369 e. The summed E-state index contributed by atoms with van der Waals surface area (Å²) in [4.78, 5) is 11.2. The highest BCUT2D eigenvalue weighted by atomic mass is 32.2.